The second kappa shape index (κ2) is 6.53. The van der Waals surface area contributed by atoms with Crippen LogP contribution < -0.4 is 10.5 Å². The highest BCUT2D eigenvalue weighted by Gasteiger charge is 2.24. The van der Waals surface area contributed by atoms with E-state index in [-0.39, 0.29) is 11.7 Å². The van der Waals surface area contributed by atoms with Crippen molar-refractivity contribution in [2.45, 2.75) is 24.8 Å². The van der Waals surface area contributed by atoms with Gasteiger partial charge in [-0.15, -0.1) is 0 Å². The van der Waals surface area contributed by atoms with Crippen LogP contribution in [0.4, 0.5) is 14.5 Å². The van der Waals surface area contributed by atoms with Gasteiger partial charge in [0, 0.05) is 17.5 Å². The number of rotatable bonds is 6. The highest BCUT2D eigenvalue weighted by atomic mass is 32.2. The predicted octanol–water partition coefficient (Wildman–Crippen LogP) is 1.97. The summed E-state index contributed by atoms with van der Waals surface area (Å²) in [5, 5.41) is 0. The van der Waals surface area contributed by atoms with Gasteiger partial charge in [0.25, 0.3) is 0 Å². The van der Waals surface area contributed by atoms with Gasteiger partial charge in [0.15, 0.2) is 11.6 Å². The first-order valence-electron chi connectivity index (χ1n) is 5.62. The normalized spacial score (nSPS) is 13.5. The lowest BCUT2D eigenvalue weighted by molar-refractivity contribution is 0.483. The maximum absolute atomic E-state index is 13.5. The van der Waals surface area contributed by atoms with E-state index in [1.807, 2.05) is 6.92 Å². The minimum absolute atomic E-state index is 0.144. The van der Waals surface area contributed by atoms with Gasteiger partial charge in [0.2, 0.25) is 10.0 Å². The SMILES string of the molecule is CCSCC(C)NS(=O)(=O)c1cc(N)cc(F)c1F. The van der Waals surface area contributed by atoms with E-state index < -0.39 is 26.6 Å². The zero-order valence-corrected chi connectivity index (χ0v) is 12.2. The van der Waals surface area contributed by atoms with Crippen molar-refractivity contribution in [2.24, 2.45) is 0 Å². The molecule has 0 radical (unpaired) electrons. The first-order chi connectivity index (χ1) is 8.77. The summed E-state index contributed by atoms with van der Waals surface area (Å²) in [4.78, 5) is -0.765. The van der Waals surface area contributed by atoms with E-state index in [1.54, 1.807) is 18.7 Å². The maximum Gasteiger partial charge on any atom is 0.243 e. The van der Waals surface area contributed by atoms with Gasteiger partial charge in [-0.05, 0) is 24.8 Å². The summed E-state index contributed by atoms with van der Waals surface area (Å²) >= 11 is 1.54. The standard InChI is InChI=1S/C11H16F2N2O2S2/c1-3-18-6-7(2)15-19(16,17)10-5-8(14)4-9(12)11(10)13/h4-5,7,15H,3,6,14H2,1-2H3. The van der Waals surface area contributed by atoms with Crippen LogP contribution in [0.1, 0.15) is 13.8 Å². The van der Waals surface area contributed by atoms with Gasteiger partial charge >= 0.3 is 0 Å². The fraction of sp³-hybridized carbons (Fsp3) is 0.455. The van der Waals surface area contributed by atoms with Gasteiger partial charge < -0.3 is 5.73 Å². The molecule has 1 aromatic carbocycles. The zero-order valence-electron chi connectivity index (χ0n) is 10.6. The van der Waals surface area contributed by atoms with E-state index in [4.69, 9.17) is 5.73 Å². The molecule has 4 nitrogen and oxygen atoms in total. The van der Waals surface area contributed by atoms with Crippen molar-refractivity contribution in [3.63, 3.8) is 0 Å². The van der Waals surface area contributed by atoms with Crippen LogP contribution in [0.3, 0.4) is 0 Å². The molecule has 0 saturated heterocycles. The van der Waals surface area contributed by atoms with Crippen molar-refractivity contribution < 1.29 is 17.2 Å². The van der Waals surface area contributed by atoms with Crippen molar-refractivity contribution in [1.29, 1.82) is 0 Å². The van der Waals surface area contributed by atoms with Gasteiger partial charge in [-0.25, -0.2) is 21.9 Å². The molecule has 0 amide bonds. The molecule has 3 N–H and O–H groups in total. The Balaban J connectivity index is 3.01. The number of benzene rings is 1. The lowest BCUT2D eigenvalue weighted by atomic mass is 10.3. The molecule has 0 bridgehead atoms. The number of nitrogens with two attached hydrogens (primary N) is 1. The molecule has 0 aliphatic heterocycles. The summed E-state index contributed by atoms with van der Waals surface area (Å²) in [6, 6.07) is 1.25. The van der Waals surface area contributed by atoms with E-state index in [0.717, 1.165) is 17.9 Å². The lowest BCUT2D eigenvalue weighted by Crippen LogP contribution is -2.35. The van der Waals surface area contributed by atoms with Crippen LogP contribution >= 0.6 is 11.8 Å². The average Bonchev–Trinajstić information content (AvgIpc) is 2.30. The van der Waals surface area contributed by atoms with Crippen LogP contribution in [0.25, 0.3) is 0 Å². The monoisotopic (exact) mass is 310 g/mol. The molecule has 0 spiro atoms. The van der Waals surface area contributed by atoms with Crippen molar-refractivity contribution in [2.75, 3.05) is 17.2 Å². The zero-order chi connectivity index (χ0) is 14.6. The largest absolute Gasteiger partial charge is 0.399 e. The van der Waals surface area contributed by atoms with Gasteiger partial charge in [0.05, 0.1) is 0 Å². The summed E-state index contributed by atoms with van der Waals surface area (Å²) < 4.78 is 52.9. The summed E-state index contributed by atoms with van der Waals surface area (Å²) in [5.74, 6) is -1.32. The van der Waals surface area contributed by atoms with E-state index >= 15 is 0 Å². The second-order valence-corrected chi connectivity index (χ2v) is 7.00. The Morgan fingerprint density at radius 3 is 2.63 bits per heavy atom. The number of hydrogen-bond acceptors (Lipinski definition) is 4. The minimum atomic E-state index is -4.12. The number of thioether (sulfide) groups is 1. The van der Waals surface area contributed by atoms with Crippen molar-refractivity contribution >= 4 is 27.5 Å². The Labute approximate surface area is 115 Å². The van der Waals surface area contributed by atoms with Gasteiger partial charge in [-0.2, -0.15) is 11.8 Å². The molecular formula is C11H16F2N2O2S2. The van der Waals surface area contributed by atoms with Crippen LogP contribution in [0.2, 0.25) is 0 Å². The number of nitrogens with one attached hydrogen (secondary N) is 1. The fourth-order valence-electron chi connectivity index (χ4n) is 1.44. The summed E-state index contributed by atoms with van der Waals surface area (Å²) in [6.45, 7) is 3.60. The smallest absolute Gasteiger partial charge is 0.243 e. The maximum atomic E-state index is 13.5. The van der Waals surface area contributed by atoms with Crippen molar-refractivity contribution in [1.82, 2.24) is 4.72 Å². The molecule has 1 rings (SSSR count). The number of halogens is 2. The second-order valence-electron chi connectivity index (χ2n) is 4.00. The van der Waals surface area contributed by atoms with Crippen LogP contribution in [-0.2, 0) is 10.0 Å². The first-order valence-corrected chi connectivity index (χ1v) is 8.26. The predicted molar refractivity (Wildman–Crippen MR) is 73.6 cm³/mol. The summed E-state index contributed by atoms with van der Waals surface area (Å²) in [5.41, 5.74) is 5.19. The van der Waals surface area contributed by atoms with E-state index in [1.165, 1.54) is 0 Å². The number of sulfonamides is 1. The van der Waals surface area contributed by atoms with E-state index in [0.29, 0.717) is 5.75 Å². The molecule has 0 fully saturated rings. The molecule has 108 valence electrons. The van der Waals surface area contributed by atoms with Crippen molar-refractivity contribution in [3.8, 4) is 0 Å². The molecule has 0 aliphatic rings. The number of hydrogen-bond donors (Lipinski definition) is 2. The number of anilines is 1. The highest BCUT2D eigenvalue weighted by Crippen LogP contribution is 2.21. The first kappa shape index (κ1) is 16.2. The molecule has 1 unspecified atom stereocenters. The third-order valence-electron chi connectivity index (χ3n) is 2.23. The third kappa shape index (κ3) is 4.32. The Kier molecular flexibility index (Phi) is 5.57. The molecule has 1 aromatic rings. The van der Waals surface area contributed by atoms with Crippen LogP contribution in [0.5, 0.6) is 0 Å². The van der Waals surface area contributed by atoms with Gasteiger partial charge in [-0.1, -0.05) is 6.92 Å². The molecule has 1 atom stereocenters. The quantitative estimate of drug-likeness (QED) is 0.788. The third-order valence-corrected chi connectivity index (χ3v) is 4.97. The molecule has 0 aliphatic carbocycles. The Morgan fingerprint density at radius 2 is 2.05 bits per heavy atom. The van der Waals surface area contributed by atoms with E-state index in [9.17, 15) is 17.2 Å². The molecule has 0 aromatic heterocycles. The van der Waals surface area contributed by atoms with Crippen LogP contribution in [0.15, 0.2) is 17.0 Å². The molecule has 8 heteroatoms. The van der Waals surface area contributed by atoms with E-state index in [2.05, 4.69) is 4.72 Å². The number of nitrogen functional groups attached to an aromatic ring is 1. The van der Waals surface area contributed by atoms with Crippen LogP contribution in [0, 0.1) is 11.6 Å². The highest BCUT2D eigenvalue weighted by molar-refractivity contribution is 7.99. The molecule has 0 heterocycles. The van der Waals surface area contributed by atoms with Crippen molar-refractivity contribution in [3.05, 3.63) is 23.8 Å². The Morgan fingerprint density at radius 1 is 1.42 bits per heavy atom. The van der Waals surface area contributed by atoms with Crippen LogP contribution in [-0.4, -0.2) is 26.0 Å². The Bertz CT molecular complexity index is 550. The molecular weight excluding hydrogens is 294 g/mol. The van der Waals surface area contributed by atoms with Gasteiger partial charge in [0.1, 0.15) is 4.90 Å². The average molecular weight is 310 g/mol. The Hall–Kier alpha value is -0.860. The molecule has 0 saturated carbocycles. The van der Waals surface area contributed by atoms with Gasteiger partial charge in [-0.3, -0.25) is 0 Å². The molecule has 19 heavy (non-hydrogen) atoms. The topological polar surface area (TPSA) is 72.2 Å². The lowest BCUT2D eigenvalue weighted by Gasteiger charge is -2.14. The summed E-state index contributed by atoms with van der Waals surface area (Å²) in [6.07, 6.45) is 0. The summed E-state index contributed by atoms with van der Waals surface area (Å²) in [7, 11) is -4.12. The fourth-order valence-corrected chi connectivity index (χ4v) is 3.58. The minimum Gasteiger partial charge on any atom is -0.399 e.